The number of nitrogens with one attached hydrogen (secondary N) is 1. The van der Waals surface area contributed by atoms with Gasteiger partial charge < -0.3 is 9.84 Å². The average molecular weight is 320 g/mol. The van der Waals surface area contributed by atoms with Gasteiger partial charge in [0.25, 0.3) is 0 Å². The molecule has 2 aromatic carbocycles. The highest BCUT2D eigenvalue weighted by Crippen LogP contribution is 2.22. The van der Waals surface area contributed by atoms with E-state index < -0.39 is 0 Å². The molecule has 0 aliphatic carbocycles. The minimum atomic E-state index is 0.0239. The van der Waals surface area contributed by atoms with E-state index in [1.807, 2.05) is 61.5 Å². The van der Waals surface area contributed by atoms with Crippen LogP contribution >= 0.6 is 0 Å². The summed E-state index contributed by atoms with van der Waals surface area (Å²) in [7, 11) is 0. The van der Waals surface area contributed by atoms with Gasteiger partial charge in [0.05, 0.1) is 0 Å². The van der Waals surface area contributed by atoms with Gasteiger partial charge in [-0.05, 0) is 18.9 Å². The maximum absolute atomic E-state index is 12.1. The molecule has 3 aromatic rings. The Bertz CT molecular complexity index is 792. The first-order valence-corrected chi connectivity index (χ1v) is 8.03. The molecule has 4 heteroatoms. The lowest BCUT2D eigenvalue weighted by Crippen LogP contribution is -2.23. The normalized spacial score (nSPS) is 10.5. The standard InChI is InChI=1S/C20H20N2O2/c1-15-7-9-16(10-8-15)13-21-19(23)12-11-18-14-24-22-20(18)17-5-3-2-4-6-17/h2-10,14H,11-13H2,1H3,(H,21,23). The van der Waals surface area contributed by atoms with Crippen molar-refractivity contribution in [3.8, 4) is 11.3 Å². The molecule has 1 heterocycles. The molecule has 0 saturated heterocycles. The number of hydrogen-bond donors (Lipinski definition) is 1. The van der Waals surface area contributed by atoms with Gasteiger partial charge in [-0.25, -0.2) is 0 Å². The van der Waals surface area contributed by atoms with E-state index in [2.05, 4.69) is 10.5 Å². The van der Waals surface area contributed by atoms with Gasteiger partial charge >= 0.3 is 0 Å². The van der Waals surface area contributed by atoms with Crippen molar-refractivity contribution in [2.75, 3.05) is 0 Å². The summed E-state index contributed by atoms with van der Waals surface area (Å²) >= 11 is 0. The fourth-order valence-electron chi connectivity index (χ4n) is 2.51. The SMILES string of the molecule is Cc1ccc(CNC(=O)CCc2conc2-c2ccccc2)cc1. The fraction of sp³-hybridized carbons (Fsp3) is 0.200. The third-order valence-electron chi connectivity index (χ3n) is 3.92. The number of aryl methyl sites for hydroxylation is 2. The summed E-state index contributed by atoms with van der Waals surface area (Å²) < 4.78 is 5.09. The second-order valence-corrected chi connectivity index (χ2v) is 5.82. The molecule has 1 aromatic heterocycles. The molecule has 3 rings (SSSR count). The van der Waals surface area contributed by atoms with E-state index in [1.54, 1.807) is 6.26 Å². The lowest BCUT2D eigenvalue weighted by molar-refractivity contribution is -0.121. The average Bonchev–Trinajstić information content (AvgIpc) is 3.09. The van der Waals surface area contributed by atoms with Crippen molar-refractivity contribution in [3.63, 3.8) is 0 Å². The molecule has 0 spiro atoms. The van der Waals surface area contributed by atoms with Crippen molar-refractivity contribution >= 4 is 5.91 Å². The molecule has 0 bridgehead atoms. The summed E-state index contributed by atoms with van der Waals surface area (Å²) in [6, 6.07) is 18.0. The highest BCUT2D eigenvalue weighted by molar-refractivity contribution is 5.76. The monoisotopic (exact) mass is 320 g/mol. The summed E-state index contributed by atoms with van der Waals surface area (Å²) in [5.74, 6) is 0.0239. The van der Waals surface area contributed by atoms with Crippen molar-refractivity contribution in [3.05, 3.63) is 77.6 Å². The number of aromatic nitrogens is 1. The molecule has 122 valence electrons. The first-order chi connectivity index (χ1) is 11.7. The van der Waals surface area contributed by atoms with Gasteiger partial charge in [0.1, 0.15) is 12.0 Å². The van der Waals surface area contributed by atoms with Crippen LogP contribution in [0.15, 0.2) is 65.4 Å². The second kappa shape index (κ2) is 7.59. The van der Waals surface area contributed by atoms with Gasteiger partial charge in [0.15, 0.2) is 0 Å². The lowest BCUT2D eigenvalue weighted by atomic mass is 10.0. The Morgan fingerprint density at radius 1 is 1.08 bits per heavy atom. The number of hydrogen-bond acceptors (Lipinski definition) is 3. The van der Waals surface area contributed by atoms with Crippen molar-refractivity contribution in [1.29, 1.82) is 0 Å². The van der Waals surface area contributed by atoms with E-state index >= 15 is 0 Å². The Hall–Kier alpha value is -2.88. The van der Waals surface area contributed by atoms with Gasteiger partial charge in [-0.15, -0.1) is 0 Å². The predicted octanol–water partition coefficient (Wildman–Crippen LogP) is 3.90. The number of rotatable bonds is 6. The van der Waals surface area contributed by atoms with Gasteiger partial charge in [-0.2, -0.15) is 0 Å². The largest absolute Gasteiger partial charge is 0.364 e. The van der Waals surface area contributed by atoms with E-state index in [4.69, 9.17) is 4.52 Å². The topological polar surface area (TPSA) is 55.1 Å². The van der Waals surface area contributed by atoms with Crippen molar-refractivity contribution in [1.82, 2.24) is 10.5 Å². The molecule has 0 aliphatic rings. The van der Waals surface area contributed by atoms with Crippen LogP contribution in [0.5, 0.6) is 0 Å². The molecular weight excluding hydrogens is 300 g/mol. The van der Waals surface area contributed by atoms with Crippen molar-refractivity contribution in [2.45, 2.75) is 26.3 Å². The molecule has 1 N–H and O–H groups in total. The highest BCUT2D eigenvalue weighted by Gasteiger charge is 2.11. The molecule has 24 heavy (non-hydrogen) atoms. The Morgan fingerprint density at radius 3 is 2.58 bits per heavy atom. The van der Waals surface area contributed by atoms with Crippen LogP contribution in [0.2, 0.25) is 0 Å². The van der Waals surface area contributed by atoms with E-state index in [0.717, 1.165) is 22.4 Å². The van der Waals surface area contributed by atoms with Crippen LogP contribution in [0.1, 0.15) is 23.1 Å². The van der Waals surface area contributed by atoms with E-state index in [0.29, 0.717) is 19.4 Å². The first kappa shape index (κ1) is 16.0. The zero-order valence-electron chi connectivity index (χ0n) is 13.7. The van der Waals surface area contributed by atoms with Gasteiger partial charge in [0, 0.05) is 24.1 Å². The van der Waals surface area contributed by atoms with Gasteiger partial charge in [-0.3, -0.25) is 4.79 Å². The summed E-state index contributed by atoms with van der Waals surface area (Å²) in [6.45, 7) is 2.60. The minimum absolute atomic E-state index is 0.0239. The third-order valence-corrected chi connectivity index (χ3v) is 3.92. The Kier molecular flexibility index (Phi) is 5.06. The molecular formula is C20H20N2O2. The molecule has 4 nitrogen and oxygen atoms in total. The molecule has 0 aliphatic heterocycles. The van der Waals surface area contributed by atoms with Crippen LogP contribution in [0.3, 0.4) is 0 Å². The minimum Gasteiger partial charge on any atom is -0.364 e. The zero-order valence-corrected chi connectivity index (χ0v) is 13.7. The van der Waals surface area contributed by atoms with Crippen LogP contribution in [0.4, 0.5) is 0 Å². The molecule has 0 saturated carbocycles. The smallest absolute Gasteiger partial charge is 0.220 e. The Balaban J connectivity index is 1.54. The summed E-state index contributed by atoms with van der Waals surface area (Å²) in [4.78, 5) is 12.1. The third kappa shape index (κ3) is 4.10. The number of benzene rings is 2. The number of nitrogens with zero attached hydrogens (tertiary/aromatic N) is 1. The van der Waals surface area contributed by atoms with E-state index in [-0.39, 0.29) is 5.91 Å². The van der Waals surface area contributed by atoms with E-state index in [1.165, 1.54) is 5.56 Å². The summed E-state index contributed by atoms with van der Waals surface area (Å²) in [5.41, 5.74) is 5.07. The van der Waals surface area contributed by atoms with Crippen molar-refractivity contribution in [2.24, 2.45) is 0 Å². The van der Waals surface area contributed by atoms with Crippen LogP contribution < -0.4 is 5.32 Å². The summed E-state index contributed by atoms with van der Waals surface area (Å²) in [5, 5.41) is 7.01. The second-order valence-electron chi connectivity index (χ2n) is 5.82. The Labute approximate surface area is 141 Å². The number of carbonyl (C=O) groups excluding carboxylic acids is 1. The highest BCUT2D eigenvalue weighted by atomic mass is 16.5. The summed E-state index contributed by atoms with van der Waals surface area (Å²) in [6.07, 6.45) is 2.63. The van der Waals surface area contributed by atoms with E-state index in [9.17, 15) is 4.79 Å². The van der Waals surface area contributed by atoms with Crippen molar-refractivity contribution < 1.29 is 9.32 Å². The quantitative estimate of drug-likeness (QED) is 0.749. The van der Waals surface area contributed by atoms with Crippen LogP contribution in [0.25, 0.3) is 11.3 Å². The maximum Gasteiger partial charge on any atom is 0.220 e. The Morgan fingerprint density at radius 2 is 1.83 bits per heavy atom. The zero-order chi connectivity index (χ0) is 16.8. The van der Waals surface area contributed by atoms with Crippen LogP contribution in [-0.4, -0.2) is 11.1 Å². The van der Waals surface area contributed by atoms with Crippen LogP contribution in [0, 0.1) is 6.92 Å². The number of amides is 1. The molecule has 0 atom stereocenters. The van der Waals surface area contributed by atoms with Crippen LogP contribution in [-0.2, 0) is 17.8 Å². The van der Waals surface area contributed by atoms with Gasteiger partial charge in [0.2, 0.25) is 5.91 Å². The first-order valence-electron chi connectivity index (χ1n) is 8.03. The fourth-order valence-corrected chi connectivity index (χ4v) is 2.51. The predicted molar refractivity (Wildman–Crippen MR) is 93.3 cm³/mol. The molecule has 1 amide bonds. The lowest BCUT2D eigenvalue weighted by Gasteiger charge is -2.06. The molecule has 0 radical (unpaired) electrons. The maximum atomic E-state index is 12.1. The van der Waals surface area contributed by atoms with Gasteiger partial charge in [-0.1, -0.05) is 65.3 Å². The molecule has 0 unspecified atom stereocenters. The molecule has 0 fully saturated rings. The number of carbonyl (C=O) groups is 1.